The van der Waals surface area contributed by atoms with Crippen LogP contribution in [0, 0.1) is 5.92 Å². The van der Waals surface area contributed by atoms with E-state index in [1.54, 1.807) is 34.8 Å². The van der Waals surface area contributed by atoms with Crippen molar-refractivity contribution in [3.05, 3.63) is 58.9 Å². The van der Waals surface area contributed by atoms with Gasteiger partial charge in [0.15, 0.2) is 0 Å². The van der Waals surface area contributed by atoms with E-state index in [1.807, 2.05) is 12.1 Å². The molecule has 0 spiro atoms. The lowest BCUT2D eigenvalue weighted by atomic mass is 9.91. The molecule has 2 atom stereocenters. The number of nitrogens with one attached hydrogen (secondary N) is 1. The van der Waals surface area contributed by atoms with Gasteiger partial charge in [-0.25, -0.2) is 8.42 Å². The van der Waals surface area contributed by atoms with Gasteiger partial charge in [0, 0.05) is 42.5 Å². The van der Waals surface area contributed by atoms with Crippen LogP contribution in [-0.4, -0.2) is 37.3 Å². The molecule has 24 heavy (non-hydrogen) atoms. The van der Waals surface area contributed by atoms with E-state index in [2.05, 4.69) is 10.3 Å². The van der Waals surface area contributed by atoms with E-state index in [0.717, 1.165) is 24.3 Å². The van der Waals surface area contributed by atoms with Crippen LogP contribution in [0.5, 0.6) is 0 Å². The number of aromatic nitrogens is 1. The maximum absolute atomic E-state index is 13.1. The summed E-state index contributed by atoms with van der Waals surface area (Å²) in [6, 6.07) is 10.2. The predicted molar refractivity (Wildman–Crippen MR) is 92.4 cm³/mol. The van der Waals surface area contributed by atoms with Crippen LogP contribution in [0.4, 0.5) is 0 Å². The number of nitrogens with zero attached hydrogens (tertiary/aromatic N) is 2. The van der Waals surface area contributed by atoms with E-state index in [1.165, 1.54) is 0 Å². The zero-order valence-corrected chi connectivity index (χ0v) is 14.6. The molecule has 1 N–H and O–H groups in total. The molecule has 2 aromatic rings. The van der Waals surface area contributed by atoms with Crippen molar-refractivity contribution in [3.63, 3.8) is 0 Å². The van der Waals surface area contributed by atoms with Crippen LogP contribution in [0.3, 0.4) is 0 Å². The molecule has 1 fully saturated rings. The van der Waals surface area contributed by atoms with Gasteiger partial charge in [0.25, 0.3) is 0 Å². The summed E-state index contributed by atoms with van der Waals surface area (Å²) >= 11 is 5.89. The van der Waals surface area contributed by atoms with Gasteiger partial charge in [-0.05, 0) is 48.4 Å². The average Bonchev–Trinajstić information content (AvgIpc) is 2.97. The van der Waals surface area contributed by atoms with Crippen molar-refractivity contribution in [1.29, 1.82) is 0 Å². The molecule has 2 aliphatic heterocycles. The second-order valence-corrected chi connectivity index (χ2v) is 8.70. The third-order valence-electron chi connectivity index (χ3n) is 4.85. The van der Waals surface area contributed by atoms with Crippen molar-refractivity contribution < 1.29 is 8.42 Å². The number of rotatable bonds is 2. The van der Waals surface area contributed by atoms with Crippen LogP contribution >= 0.6 is 11.6 Å². The third kappa shape index (κ3) is 2.73. The fraction of sp³-hybridized carbons (Fsp3) is 0.353. The lowest BCUT2D eigenvalue weighted by molar-refractivity contribution is 0.349. The minimum Gasteiger partial charge on any atom is -0.316 e. The summed E-state index contributed by atoms with van der Waals surface area (Å²) in [6.45, 7) is 2.52. The second kappa shape index (κ2) is 6.11. The molecule has 0 radical (unpaired) electrons. The molecule has 5 nitrogen and oxygen atoms in total. The number of sulfonamides is 1. The maximum atomic E-state index is 13.1. The smallest absolute Gasteiger partial charge is 0.243 e. The van der Waals surface area contributed by atoms with Gasteiger partial charge in [0.1, 0.15) is 0 Å². The minimum atomic E-state index is -3.56. The van der Waals surface area contributed by atoms with E-state index in [4.69, 9.17) is 11.6 Å². The summed E-state index contributed by atoms with van der Waals surface area (Å²) in [7, 11) is -3.56. The Morgan fingerprint density at radius 3 is 2.75 bits per heavy atom. The van der Waals surface area contributed by atoms with E-state index in [0.29, 0.717) is 18.1 Å². The SMILES string of the molecule is O=S(=O)(c1ccc(Cl)cc1)N1Cc2cccnc2[C@@H]2CNC[C@H]2C1. The molecule has 1 aromatic carbocycles. The van der Waals surface area contributed by atoms with Gasteiger partial charge in [-0.2, -0.15) is 4.31 Å². The first-order chi connectivity index (χ1) is 11.6. The molecular formula is C17H18ClN3O2S. The summed E-state index contributed by atoms with van der Waals surface area (Å²) in [4.78, 5) is 4.82. The monoisotopic (exact) mass is 363 g/mol. The highest BCUT2D eigenvalue weighted by atomic mass is 35.5. The fourth-order valence-corrected chi connectivity index (χ4v) is 5.22. The van der Waals surface area contributed by atoms with Crippen molar-refractivity contribution in [3.8, 4) is 0 Å². The first-order valence-corrected chi connectivity index (χ1v) is 9.78. The largest absolute Gasteiger partial charge is 0.316 e. The Labute approximate surface area is 146 Å². The van der Waals surface area contributed by atoms with Gasteiger partial charge in [-0.1, -0.05) is 17.7 Å². The number of hydrogen-bond donors (Lipinski definition) is 1. The quantitative estimate of drug-likeness (QED) is 0.888. The molecule has 2 aliphatic rings. The third-order valence-corrected chi connectivity index (χ3v) is 6.93. The zero-order chi connectivity index (χ0) is 16.7. The van der Waals surface area contributed by atoms with Crippen molar-refractivity contribution in [1.82, 2.24) is 14.6 Å². The van der Waals surface area contributed by atoms with Crippen molar-refractivity contribution in [2.45, 2.75) is 17.4 Å². The summed E-state index contributed by atoms with van der Waals surface area (Å²) < 4.78 is 27.8. The molecule has 0 unspecified atom stereocenters. The predicted octanol–water partition coefficient (Wildman–Crippen LogP) is 2.24. The highest BCUT2D eigenvalue weighted by molar-refractivity contribution is 7.89. The summed E-state index contributed by atoms with van der Waals surface area (Å²) in [5.74, 6) is 0.509. The van der Waals surface area contributed by atoms with Gasteiger partial charge in [0.2, 0.25) is 10.0 Å². The van der Waals surface area contributed by atoms with Crippen LogP contribution in [-0.2, 0) is 16.6 Å². The second-order valence-electron chi connectivity index (χ2n) is 6.32. The van der Waals surface area contributed by atoms with Crippen molar-refractivity contribution in [2.75, 3.05) is 19.6 Å². The molecule has 4 rings (SSSR count). The first-order valence-electron chi connectivity index (χ1n) is 7.96. The number of pyridine rings is 1. The van der Waals surface area contributed by atoms with Crippen molar-refractivity contribution >= 4 is 21.6 Å². The molecular weight excluding hydrogens is 346 g/mol. The number of benzene rings is 1. The summed E-state index contributed by atoms with van der Waals surface area (Å²) in [5.41, 5.74) is 2.02. The molecule has 0 bridgehead atoms. The Morgan fingerprint density at radius 1 is 1.17 bits per heavy atom. The van der Waals surface area contributed by atoms with Gasteiger partial charge in [-0.3, -0.25) is 4.98 Å². The maximum Gasteiger partial charge on any atom is 0.243 e. The van der Waals surface area contributed by atoms with Crippen LogP contribution in [0.15, 0.2) is 47.5 Å². The standard InChI is InChI=1S/C17H18ClN3O2S/c18-14-3-5-15(6-4-14)24(22,23)21-10-12-2-1-7-20-17(12)16-9-19-8-13(16)11-21/h1-7,13,16,19H,8-11H2/t13-,16+/m0/s1. The first kappa shape index (κ1) is 16.0. The molecule has 126 valence electrons. The van der Waals surface area contributed by atoms with E-state index < -0.39 is 10.0 Å². The van der Waals surface area contributed by atoms with E-state index in [-0.39, 0.29) is 16.7 Å². The Morgan fingerprint density at radius 2 is 1.96 bits per heavy atom. The van der Waals surface area contributed by atoms with Gasteiger partial charge >= 0.3 is 0 Å². The number of hydrogen-bond acceptors (Lipinski definition) is 4. The number of halogens is 1. The van der Waals surface area contributed by atoms with E-state index >= 15 is 0 Å². The van der Waals surface area contributed by atoms with Crippen molar-refractivity contribution in [2.24, 2.45) is 5.92 Å². The van der Waals surface area contributed by atoms with Gasteiger partial charge in [-0.15, -0.1) is 0 Å². The minimum absolute atomic E-state index is 0.239. The molecule has 0 aliphatic carbocycles. The molecule has 1 aromatic heterocycles. The summed E-state index contributed by atoms with van der Waals surface area (Å²) in [5, 5.41) is 3.90. The van der Waals surface area contributed by atoms with Crippen LogP contribution in [0.25, 0.3) is 0 Å². The molecule has 0 saturated carbocycles. The molecule has 3 heterocycles. The number of fused-ring (bicyclic) bond motifs is 3. The lowest BCUT2D eigenvalue weighted by Crippen LogP contribution is -2.35. The van der Waals surface area contributed by atoms with Gasteiger partial charge in [0.05, 0.1) is 4.90 Å². The molecule has 0 amide bonds. The Bertz CT molecular complexity index is 854. The van der Waals surface area contributed by atoms with Crippen LogP contribution < -0.4 is 5.32 Å². The zero-order valence-electron chi connectivity index (χ0n) is 13.0. The highest BCUT2D eigenvalue weighted by Gasteiger charge is 2.39. The average molecular weight is 364 g/mol. The molecule has 7 heteroatoms. The fourth-order valence-electron chi connectivity index (χ4n) is 3.62. The molecule has 1 saturated heterocycles. The highest BCUT2D eigenvalue weighted by Crippen LogP contribution is 2.35. The normalized spacial score (nSPS) is 24.2. The van der Waals surface area contributed by atoms with Crippen LogP contribution in [0.1, 0.15) is 17.2 Å². The Hall–Kier alpha value is -1.47. The van der Waals surface area contributed by atoms with Crippen LogP contribution in [0.2, 0.25) is 5.02 Å². The van der Waals surface area contributed by atoms with Gasteiger partial charge < -0.3 is 5.32 Å². The topological polar surface area (TPSA) is 62.3 Å². The Balaban J connectivity index is 1.75. The lowest BCUT2D eigenvalue weighted by Gasteiger charge is -2.23. The Kier molecular flexibility index (Phi) is 4.08. The summed E-state index contributed by atoms with van der Waals surface area (Å²) in [6.07, 6.45) is 1.79. The van der Waals surface area contributed by atoms with E-state index in [9.17, 15) is 8.42 Å².